The van der Waals surface area contributed by atoms with Gasteiger partial charge >= 0.3 is 0 Å². The summed E-state index contributed by atoms with van der Waals surface area (Å²) in [5, 5.41) is 4.92. The zero-order chi connectivity index (χ0) is 23.8. The van der Waals surface area contributed by atoms with Crippen molar-refractivity contribution >= 4 is 68.1 Å². The molecule has 34 heavy (non-hydrogen) atoms. The maximum atomic E-state index is 13.8. The number of nitrogens with one attached hydrogen (secondary N) is 1. The Hall–Kier alpha value is -2.32. The molecule has 5 nitrogen and oxygen atoms in total. The highest BCUT2D eigenvalue weighted by Gasteiger charge is 2.23. The highest BCUT2D eigenvalue weighted by molar-refractivity contribution is 7.99. The van der Waals surface area contributed by atoms with Gasteiger partial charge in [-0.1, -0.05) is 52.7 Å². The van der Waals surface area contributed by atoms with Crippen molar-refractivity contribution in [3.8, 4) is 5.69 Å². The largest absolute Gasteiger partial charge is 0.325 e. The molecule has 1 aliphatic carbocycles. The molecule has 0 unspecified atom stereocenters. The van der Waals surface area contributed by atoms with Crippen molar-refractivity contribution in [3.63, 3.8) is 0 Å². The standard InChI is InChI=1S/C25H21Cl2N3O2S2/c1-14-6-8-18(9-7-14)30-24(32)22-19-4-2-3-5-20(19)34-23(22)29-25(30)33-13-21(31)28-17-11-15(26)10-16(27)12-17/h6-12H,2-5,13H2,1H3,(H,28,31). The van der Waals surface area contributed by atoms with E-state index in [9.17, 15) is 9.59 Å². The van der Waals surface area contributed by atoms with E-state index in [1.807, 2.05) is 31.2 Å². The van der Waals surface area contributed by atoms with E-state index in [0.717, 1.165) is 52.7 Å². The molecule has 0 saturated heterocycles. The first kappa shape index (κ1) is 23.4. The number of carbonyl (C=O) groups excluding carboxylic acids is 1. The number of hydrogen-bond donors (Lipinski definition) is 1. The molecule has 4 aromatic rings. The van der Waals surface area contributed by atoms with Crippen LogP contribution in [0.5, 0.6) is 0 Å². The van der Waals surface area contributed by atoms with Gasteiger partial charge in [-0.05, 0) is 68.5 Å². The van der Waals surface area contributed by atoms with Crippen molar-refractivity contribution in [1.29, 1.82) is 0 Å². The maximum absolute atomic E-state index is 13.8. The van der Waals surface area contributed by atoms with Gasteiger partial charge in [-0.3, -0.25) is 14.2 Å². The predicted molar refractivity (Wildman–Crippen MR) is 142 cm³/mol. The Morgan fingerprint density at radius 1 is 1.12 bits per heavy atom. The van der Waals surface area contributed by atoms with Crippen molar-refractivity contribution in [2.45, 2.75) is 37.8 Å². The van der Waals surface area contributed by atoms with Gasteiger partial charge in [-0.25, -0.2) is 4.98 Å². The van der Waals surface area contributed by atoms with Crippen molar-refractivity contribution in [3.05, 3.63) is 78.9 Å². The van der Waals surface area contributed by atoms with Crippen LogP contribution in [0.15, 0.2) is 52.4 Å². The van der Waals surface area contributed by atoms with Crippen LogP contribution in [0.1, 0.15) is 28.8 Å². The molecule has 2 heterocycles. The fourth-order valence-corrected chi connectivity index (χ4v) is 6.80. The van der Waals surface area contributed by atoms with Gasteiger partial charge in [0.25, 0.3) is 5.56 Å². The van der Waals surface area contributed by atoms with Gasteiger partial charge in [0.1, 0.15) is 4.83 Å². The fraction of sp³-hybridized carbons (Fsp3) is 0.240. The predicted octanol–water partition coefficient (Wildman–Crippen LogP) is 6.67. The van der Waals surface area contributed by atoms with Gasteiger partial charge < -0.3 is 5.32 Å². The summed E-state index contributed by atoms with van der Waals surface area (Å²) in [6, 6.07) is 12.7. The Morgan fingerprint density at radius 2 is 1.82 bits per heavy atom. The molecule has 2 aromatic heterocycles. The molecule has 1 N–H and O–H groups in total. The number of thioether (sulfide) groups is 1. The maximum Gasteiger partial charge on any atom is 0.267 e. The van der Waals surface area contributed by atoms with Crippen molar-refractivity contribution in [1.82, 2.24) is 9.55 Å². The average Bonchev–Trinajstić information content (AvgIpc) is 3.16. The number of amides is 1. The Kier molecular flexibility index (Phi) is 6.71. The fourth-order valence-electron chi connectivity index (χ4n) is 4.16. The van der Waals surface area contributed by atoms with Crippen molar-refractivity contribution in [2.24, 2.45) is 0 Å². The SMILES string of the molecule is Cc1ccc(-n2c(SCC(=O)Nc3cc(Cl)cc(Cl)c3)nc3sc4c(c3c2=O)CCCC4)cc1. The number of aryl methyl sites for hydroxylation is 3. The van der Waals surface area contributed by atoms with Gasteiger partial charge in [0.2, 0.25) is 5.91 Å². The van der Waals surface area contributed by atoms with Crippen LogP contribution in [0.3, 0.4) is 0 Å². The number of benzene rings is 2. The Bertz CT molecular complexity index is 1440. The molecule has 1 aliphatic rings. The lowest BCUT2D eigenvalue weighted by Gasteiger charge is -2.14. The highest BCUT2D eigenvalue weighted by Crippen LogP contribution is 2.35. The monoisotopic (exact) mass is 529 g/mol. The Labute approximate surface area is 215 Å². The van der Waals surface area contributed by atoms with Gasteiger partial charge in [0.15, 0.2) is 5.16 Å². The summed E-state index contributed by atoms with van der Waals surface area (Å²) in [5.74, 6) is -0.155. The molecule has 0 saturated carbocycles. The molecule has 174 valence electrons. The lowest BCUT2D eigenvalue weighted by molar-refractivity contribution is -0.113. The lowest BCUT2D eigenvalue weighted by atomic mass is 9.97. The summed E-state index contributed by atoms with van der Waals surface area (Å²) < 4.78 is 1.64. The Morgan fingerprint density at radius 3 is 2.56 bits per heavy atom. The van der Waals surface area contributed by atoms with Crippen LogP contribution in [-0.4, -0.2) is 21.2 Å². The van der Waals surface area contributed by atoms with Crippen LogP contribution >= 0.6 is 46.3 Å². The third-order valence-electron chi connectivity index (χ3n) is 5.73. The van der Waals surface area contributed by atoms with Crippen LogP contribution in [0.4, 0.5) is 5.69 Å². The lowest BCUT2D eigenvalue weighted by Crippen LogP contribution is -2.23. The molecular weight excluding hydrogens is 509 g/mol. The zero-order valence-corrected chi connectivity index (χ0v) is 21.5. The molecule has 0 aliphatic heterocycles. The summed E-state index contributed by atoms with van der Waals surface area (Å²) in [6.45, 7) is 2.01. The normalized spacial score (nSPS) is 13.1. The second-order valence-corrected chi connectivity index (χ2v) is 11.2. The molecule has 0 spiro atoms. The zero-order valence-electron chi connectivity index (χ0n) is 18.4. The van der Waals surface area contributed by atoms with E-state index in [4.69, 9.17) is 28.2 Å². The minimum atomic E-state index is -0.237. The van der Waals surface area contributed by atoms with Gasteiger partial charge in [-0.2, -0.15) is 0 Å². The molecule has 0 bridgehead atoms. The third-order valence-corrected chi connectivity index (χ3v) is 8.29. The van der Waals surface area contributed by atoms with E-state index in [2.05, 4.69) is 5.32 Å². The summed E-state index contributed by atoms with van der Waals surface area (Å²) in [7, 11) is 0. The quantitative estimate of drug-likeness (QED) is 0.231. The summed E-state index contributed by atoms with van der Waals surface area (Å²) in [6.07, 6.45) is 4.14. The van der Waals surface area contributed by atoms with Gasteiger partial charge in [-0.15, -0.1) is 11.3 Å². The van der Waals surface area contributed by atoms with Crippen LogP contribution in [-0.2, 0) is 17.6 Å². The van der Waals surface area contributed by atoms with Crippen LogP contribution in [0.2, 0.25) is 10.0 Å². The molecular formula is C25H21Cl2N3O2S2. The van der Waals surface area contributed by atoms with E-state index in [0.29, 0.717) is 20.9 Å². The molecule has 0 atom stereocenters. The minimum absolute atomic E-state index is 0.0715. The molecule has 9 heteroatoms. The first-order valence-electron chi connectivity index (χ1n) is 10.9. The molecule has 0 fully saturated rings. The molecule has 1 amide bonds. The number of thiophene rings is 1. The third kappa shape index (κ3) is 4.75. The number of halogens is 2. The minimum Gasteiger partial charge on any atom is -0.325 e. The topological polar surface area (TPSA) is 64.0 Å². The number of carbonyl (C=O) groups is 1. The smallest absolute Gasteiger partial charge is 0.267 e. The van der Waals surface area contributed by atoms with Gasteiger partial charge in [0, 0.05) is 20.6 Å². The number of fused-ring (bicyclic) bond motifs is 3. The summed E-state index contributed by atoms with van der Waals surface area (Å²) in [5.41, 5.74) is 3.45. The van der Waals surface area contributed by atoms with E-state index in [-0.39, 0.29) is 17.2 Å². The number of aromatic nitrogens is 2. The van der Waals surface area contributed by atoms with Gasteiger partial charge in [0.05, 0.1) is 16.8 Å². The number of nitrogens with zero attached hydrogens (tertiary/aromatic N) is 2. The first-order chi connectivity index (χ1) is 16.4. The molecule has 2 aromatic carbocycles. The number of rotatable bonds is 5. The second kappa shape index (κ2) is 9.74. The summed E-state index contributed by atoms with van der Waals surface area (Å²) in [4.78, 5) is 33.3. The molecule has 0 radical (unpaired) electrons. The van der Waals surface area contributed by atoms with Crippen molar-refractivity contribution < 1.29 is 4.79 Å². The molecule has 5 rings (SSSR count). The van der Waals surface area contributed by atoms with Crippen LogP contribution < -0.4 is 10.9 Å². The van der Waals surface area contributed by atoms with E-state index in [1.165, 1.54) is 16.6 Å². The van der Waals surface area contributed by atoms with E-state index < -0.39 is 0 Å². The number of anilines is 1. The summed E-state index contributed by atoms with van der Waals surface area (Å²) >= 11 is 14.9. The highest BCUT2D eigenvalue weighted by atomic mass is 35.5. The van der Waals surface area contributed by atoms with Crippen molar-refractivity contribution in [2.75, 3.05) is 11.1 Å². The van der Waals surface area contributed by atoms with Crippen LogP contribution in [0, 0.1) is 6.92 Å². The second-order valence-electron chi connectivity index (χ2n) is 8.26. The van der Waals surface area contributed by atoms with Crippen LogP contribution in [0.25, 0.3) is 15.9 Å². The van der Waals surface area contributed by atoms with E-state index >= 15 is 0 Å². The number of hydrogen-bond acceptors (Lipinski definition) is 5. The Balaban J connectivity index is 1.51. The van der Waals surface area contributed by atoms with E-state index in [1.54, 1.807) is 34.1 Å². The first-order valence-corrected chi connectivity index (χ1v) is 13.5. The average molecular weight is 531 g/mol.